The minimum absolute atomic E-state index is 0.0717. The normalized spacial score (nSPS) is 19.1. The molecular formula is C36H40F3N3O. The largest absolute Gasteiger partial charge is 0.344 e. The van der Waals surface area contributed by atoms with Crippen LogP contribution in [0.3, 0.4) is 0 Å². The zero-order valence-corrected chi connectivity index (χ0v) is 25.2. The van der Waals surface area contributed by atoms with Crippen LogP contribution in [0.1, 0.15) is 103 Å². The van der Waals surface area contributed by atoms with Gasteiger partial charge in [-0.15, -0.1) is 0 Å². The Morgan fingerprint density at radius 1 is 0.953 bits per heavy atom. The Morgan fingerprint density at radius 3 is 2.40 bits per heavy atom. The molecule has 226 valence electrons. The first-order valence-electron chi connectivity index (χ1n) is 15.5. The fourth-order valence-electron chi connectivity index (χ4n) is 6.31. The molecule has 1 N–H and O–H groups in total. The number of amides is 1. The van der Waals surface area contributed by atoms with E-state index < -0.39 is 11.6 Å². The second-order valence-electron chi connectivity index (χ2n) is 11.8. The van der Waals surface area contributed by atoms with E-state index in [-0.39, 0.29) is 41.0 Å². The quantitative estimate of drug-likeness (QED) is 0.229. The van der Waals surface area contributed by atoms with Crippen LogP contribution in [0.5, 0.6) is 0 Å². The first kappa shape index (κ1) is 30.6. The highest BCUT2D eigenvalue weighted by Gasteiger charge is 2.35. The molecule has 0 spiro atoms. The van der Waals surface area contributed by atoms with Crippen molar-refractivity contribution in [3.8, 4) is 5.69 Å². The number of carbonyl (C=O) groups is 1. The number of nitrogens with zero attached hydrogens (tertiary/aromatic N) is 2. The van der Waals surface area contributed by atoms with Crippen molar-refractivity contribution in [3.05, 3.63) is 118 Å². The Balaban J connectivity index is 0.000000868. The molecule has 0 saturated heterocycles. The highest BCUT2D eigenvalue weighted by Crippen LogP contribution is 2.39. The Hall–Kier alpha value is -3.87. The fourth-order valence-corrected chi connectivity index (χ4v) is 6.31. The molecule has 6 rings (SSSR count). The van der Waals surface area contributed by atoms with Crippen LogP contribution in [-0.2, 0) is 19.3 Å². The Morgan fingerprint density at radius 2 is 1.67 bits per heavy atom. The molecule has 43 heavy (non-hydrogen) atoms. The van der Waals surface area contributed by atoms with Gasteiger partial charge in [0.2, 0.25) is 0 Å². The van der Waals surface area contributed by atoms with Crippen LogP contribution in [0.2, 0.25) is 0 Å². The van der Waals surface area contributed by atoms with Gasteiger partial charge in [0.25, 0.3) is 5.91 Å². The lowest BCUT2D eigenvalue weighted by atomic mass is 9.90. The third-order valence-corrected chi connectivity index (χ3v) is 8.68. The maximum absolute atomic E-state index is 15.1. The van der Waals surface area contributed by atoms with E-state index in [1.165, 1.54) is 47.4 Å². The summed E-state index contributed by atoms with van der Waals surface area (Å²) < 4.78 is 44.0. The Kier molecular flexibility index (Phi) is 9.69. The van der Waals surface area contributed by atoms with E-state index in [1.807, 2.05) is 12.1 Å². The summed E-state index contributed by atoms with van der Waals surface area (Å²) in [7, 11) is 0. The number of halogens is 3. The van der Waals surface area contributed by atoms with Crippen LogP contribution in [-0.4, -0.2) is 15.7 Å². The van der Waals surface area contributed by atoms with Crippen molar-refractivity contribution >= 4 is 5.91 Å². The van der Waals surface area contributed by atoms with Gasteiger partial charge >= 0.3 is 0 Å². The van der Waals surface area contributed by atoms with Gasteiger partial charge in [0.15, 0.2) is 11.5 Å². The minimum Gasteiger partial charge on any atom is -0.344 e. The van der Waals surface area contributed by atoms with Gasteiger partial charge in [0.1, 0.15) is 17.3 Å². The number of hydrogen-bond donors (Lipinski definition) is 1. The molecule has 1 heterocycles. The number of hydrogen-bond acceptors (Lipinski definition) is 2. The molecule has 0 bridgehead atoms. The molecule has 4 aromatic rings. The molecule has 1 unspecified atom stereocenters. The number of nitrogens with one attached hydrogen (secondary N) is 1. The molecule has 4 nitrogen and oxygen atoms in total. The summed E-state index contributed by atoms with van der Waals surface area (Å²) in [5.41, 5.74) is 5.26. The predicted octanol–water partition coefficient (Wildman–Crippen LogP) is 8.81. The van der Waals surface area contributed by atoms with Crippen LogP contribution in [0.4, 0.5) is 13.2 Å². The minimum atomic E-state index is -0.740. The third-order valence-electron chi connectivity index (χ3n) is 8.68. The van der Waals surface area contributed by atoms with Crippen molar-refractivity contribution < 1.29 is 18.0 Å². The van der Waals surface area contributed by atoms with Crippen molar-refractivity contribution in [1.82, 2.24) is 15.1 Å². The number of carbonyl (C=O) groups excluding carboxylic acids is 1. The summed E-state index contributed by atoms with van der Waals surface area (Å²) in [5, 5.41) is 7.93. The molecule has 1 amide bonds. The molecule has 3 aromatic carbocycles. The van der Waals surface area contributed by atoms with E-state index in [1.54, 1.807) is 12.1 Å². The fraction of sp³-hybridized carbons (Fsp3) is 0.389. The van der Waals surface area contributed by atoms with Crippen molar-refractivity contribution in [1.29, 1.82) is 0 Å². The Bertz CT molecular complexity index is 1560. The van der Waals surface area contributed by atoms with Crippen molar-refractivity contribution in [2.75, 3.05) is 0 Å². The van der Waals surface area contributed by atoms with Crippen molar-refractivity contribution in [2.24, 2.45) is 5.92 Å². The summed E-state index contributed by atoms with van der Waals surface area (Å²) in [6.45, 7) is 6.48. The van der Waals surface area contributed by atoms with E-state index >= 15 is 4.39 Å². The number of unbranched alkanes of at least 4 members (excludes halogenated alkanes) is 1. The molecule has 1 aromatic heterocycles. The SMILES string of the molecule is CCCC.C[C@H]1Cc2ccccc2[C@H]1NC(=O)c1nn(-c2ccc(F)cc2F)c2c1CCCCC2Cc1ccc(F)cc1. The number of aromatic nitrogens is 2. The smallest absolute Gasteiger partial charge is 0.272 e. The molecule has 0 aliphatic heterocycles. The van der Waals surface area contributed by atoms with Gasteiger partial charge < -0.3 is 5.32 Å². The highest BCUT2D eigenvalue weighted by atomic mass is 19.1. The second kappa shape index (κ2) is 13.6. The van der Waals surface area contributed by atoms with Gasteiger partial charge in [-0.3, -0.25) is 4.79 Å². The molecular weight excluding hydrogens is 547 g/mol. The number of rotatable bonds is 6. The summed E-state index contributed by atoms with van der Waals surface area (Å²) in [4.78, 5) is 13.8. The van der Waals surface area contributed by atoms with Gasteiger partial charge in [-0.25, -0.2) is 17.9 Å². The second-order valence-corrected chi connectivity index (χ2v) is 11.8. The summed E-state index contributed by atoms with van der Waals surface area (Å²) in [6.07, 6.45) is 7.36. The monoisotopic (exact) mass is 587 g/mol. The van der Waals surface area contributed by atoms with Crippen molar-refractivity contribution in [2.45, 2.75) is 84.1 Å². The number of benzene rings is 3. The lowest BCUT2D eigenvalue weighted by Gasteiger charge is -2.19. The van der Waals surface area contributed by atoms with Gasteiger partial charge in [-0.1, -0.05) is 76.4 Å². The first-order chi connectivity index (χ1) is 20.8. The molecule has 2 aliphatic carbocycles. The maximum atomic E-state index is 15.1. The summed E-state index contributed by atoms with van der Waals surface area (Å²) in [6, 6.07) is 17.8. The topological polar surface area (TPSA) is 46.9 Å². The highest BCUT2D eigenvalue weighted by molar-refractivity contribution is 5.94. The zero-order chi connectivity index (χ0) is 30.5. The van der Waals surface area contributed by atoms with Gasteiger partial charge in [-0.05, 0) is 79.0 Å². The first-order valence-corrected chi connectivity index (χ1v) is 15.5. The van der Waals surface area contributed by atoms with Gasteiger partial charge in [0.05, 0.1) is 11.7 Å². The molecule has 7 heteroatoms. The lowest BCUT2D eigenvalue weighted by molar-refractivity contribution is 0.0920. The van der Waals surface area contributed by atoms with E-state index in [0.29, 0.717) is 12.8 Å². The van der Waals surface area contributed by atoms with E-state index in [4.69, 9.17) is 5.10 Å². The van der Waals surface area contributed by atoms with Crippen molar-refractivity contribution in [3.63, 3.8) is 0 Å². The van der Waals surface area contributed by atoms with Crippen LogP contribution < -0.4 is 5.32 Å². The van der Waals surface area contributed by atoms with E-state index in [9.17, 15) is 13.6 Å². The van der Waals surface area contributed by atoms with E-state index in [2.05, 4.69) is 38.2 Å². The average molecular weight is 588 g/mol. The maximum Gasteiger partial charge on any atom is 0.272 e. The average Bonchev–Trinajstić information content (AvgIpc) is 3.45. The molecule has 0 fully saturated rings. The zero-order valence-electron chi connectivity index (χ0n) is 25.2. The molecule has 2 aliphatic rings. The van der Waals surface area contributed by atoms with E-state index in [0.717, 1.165) is 54.1 Å². The summed E-state index contributed by atoms with van der Waals surface area (Å²) in [5.74, 6) is -1.85. The Labute approximate surface area is 252 Å². The van der Waals surface area contributed by atoms with Gasteiger partial charge in [0, 0.05) is 17.5 Å². The summed E-state index contributed by atoms with van der Waals surface area (Å²) >= 11 is 0. The number of fused-ring (bicyclic) bond motifs is 2. The third kappa shape index (κ3) is 6.71. The van der Waals surface area contributed by atoms with Crippen LogP contribution in [0.25, 0.3) is 5.69 Å². The molecule has 0 saturated carbocycles. The standard InChI is InChI=1S/C32H30F3N3O.C4H10/c1-19-16-21-6-2-4-8-25(21)29(19)36-32(39)30-26-9-5-3-7-22(17-20-10-12-23(33)13-11-20)31(26)38(37-30)28-15-14-24(34)18-27(28)35;1-3-4-2/h2,4,6,8,10-15,18-19,22,29H,3,5,7,9,16-17H2,1H3,(H,36,39);3-4H2,1-2H3/t19-,22?,29-;/m0./s1. The lowest BCUT2D eigenvalue weighted by Crippen LogP contribution is -2.31. The van der Waals surface area contributed by atoms with Crippen LogP contribution in [0, 0.1) is 23.4 Å². The molecule has 3 atom stereocenters. The van der Waals surface area contributed by atoms with Gasteiger partial charge in [-0.2, -0.15) is 5.10 Å². The van der Waals surface area contributed by atoms with Crippen LogP contribution >= 0.6 is 0 Å². The van der Waals surface area contributed by atoms with Crippen LogP contribution in [0.15, 0.2) is 66.7 Å². The molecule has 0 radical (unpaired) electrons. The predicted molar refractivity (Wildman–Crippen MR) is 164 cm³/mol.